The van der Waals surface area contributed by atoms with Crippen LogP contribution in [-0.4, -0.2) is 12.0 Å². The molecule has 2 nitrogen and oxygen atoms in total. The van der Waals surface area contributed by atoms with Crippen LogP contribution in [0.2, 0.25) is 0 Å². The zero-order valence-electron chi connectivity index (χ0n) is 11.6. The molecule has 1 heterocycles. The van der Waals surface area contributed by atoms with Crippen LogP contribution in [0.1, 0.15) is 17.2 Å². The molecule has 0 fully saturated rings. The van der Waals surface area contributed by atoms with E-state index in [1.807, 2.05) is 19.3 Å². The molecule has 20 heavy (non-hydrogen) atoms. The van der Waals surface area contributed by atoms with Gasteiger partial charge in [-0.15, -0.1) is 0 Å². The van der Waals surface area contributed by atoms with Gasteiger partial charge in [0.2, 0.25) is 0 Å². The van der Waals surface area contributed by atoms with Gasteiger partial charge in [0, 0.05) is 17.6 Å². The minimum atomic E-state index is 0.321. The first-order valence-electron chi connectivity index (χ1n) is 6.93. The molecule has 3 aromatic rings. The van der Waals surface area contributed by atoms with Gasteiger partial charge in [0.25, 0.3) is 0 Å². The average Bonchev–Trinajstić information content (AvgIpc) is 2.53. The molecule has 0 spiro atoms. The van der Waals surface area contributed by atoms with E-state index in [9.17, 15) is 0 Å². The molecule has 1 atom stereocenters. The van der Waals surface area contributed by atoms with Crippen molar-refractivity contribution in [1.29, 1.82) is 0 Å². The summed E-state index contributed by atoms with van der Waals surface area (Å²) in [5.41, 5.74) is 3.70. The third-order valence-corrected chi connectivity index (χ3v) is 3.66. The van der Waals surface area contributed by atoms with Crippen LogP contribution < -0.4 is 5.32 Å². The number of hydrogen-bond donors (Lipinski definition) is 1. The molecule has 1 aromatic heterocycles. The first-order chi connectivity index (χ1) is 9.86. The smallest absolute Gasteiger partial charge is 0.0702 e. The molecule has 1 N–H and O–H groups in total. The first-order valence-corrected chi connectivity index (χ1v) is 6.93. The fourth-order valence-electron chi connectivity index (χ4n) is 2.55. The Morgan fingerprint density at radius 2 is 1.85 bits per heavy atom. The SMILES string of the molecule is CNC(Cc1ccccc1)c1ccc2ncccc2c1. The van der Waals surface area contributed by atoms with Gasteiger partial charge >= 0.3 is 0 Å². The molecule has 0 saturated carbocycles. The van der Waals surface area contributed by atoms with Crippen molar-refractivity contribution in [3.63, 3.8) is 0 Å². The van der Waals surface area contributed by atoms with E-state index >= 15 is 0 Å². The minimum Gasteiger partial charge on any atom is -0.313 e. The first kappa shape index (κ1) is 12.8. The molecule has 0 aliphatic heterocycles. The molecule has 0 radical (unpaired) electrons. The van der Waals surface area contributed by atoms with E-state index in [1.54, 1.807) is 0 Å². The van der Waals surface area contributed by atoms with Gasteiger partial charge in [-0.3, -0.25) is 4.98 Å². The number of nitrogens with zero attached hydrogens (tertiary/aromatic N) is 1. The summed E-state index contributed by atoms with van der Waals surface area (Å²) in [6, 6.07) is 21.5. The molecule has 2 aromatic carbocycles. The van der Waals surface area contributed by atoms with Crippen molar-refractivity contribution in [2.45, 2.75) is 12.5 Å². The highest BCUT2D eigenvalue weighted by Gasteiger charge is 2.10. The van der Waals surface area contributed by atoms with Crippen molar-refractivity contribution in [1.82, 2.24) is 10.3 Å². The summed E-state index contributed by atoms with van der Waals surface area (Å²) in [4.78, 5) is 4.37. The van der Waals surface area contributed by atoms with Crippen LogP contribution in [0.25, 0.3) is 10.9 Å². The predicted molar refractivity (Wildman–Crippen MR) is 83.7 cm³/mol. The van der Waals surface area contributed by atoms with Crippen molar-refractivity contribution in [2.24, 2.45) is 0 Å². The van der Waals surface area contributed by atoms with Crippen LogP contribution >= 0.6 is 0 Å². The number of pyridine rings is 1. The Bertz CT molecular complexity index is 692. The Morgan fingerprint density at radius 1 is 1.00 bits per heavy atom. The van der Waals surface area contributed by atoms with Gasteiger partial charge in [-0.05, 0) is 42.8 Å². The average molecular weight is 262 g/mol. The van der Waals surface area contributed by atoms with Gasteiger partial charge in [0.05, 0.1) is 5.52 Å². The lowest BCUT2D eigenvalue weighted by molar-refractivity contribution is 0.593. The summed E-state index contributed by atoms with van der Waals surface area (Å²) in [6.45, 7) is 0. The van der Waals surface area contributed by atoms with E-state index in [4.69, 9.17) is 0 Å². The molecular formula is C18H18N2. The maximum absolute atomic E-state index is 4.37. The number of hydrogen-bond acceptors (Lipinski definition) is 2. The Hall–Kier alpha value is -2.19. The Kier molecular flexibility index (Phi) is 3.75. The zero-order chi connectivity index (χ0) is 13.8. The molecule has 0 saturated heterocycles. The largest absolute Gasteiger partial charge is 0.313 e. The van der Waals surface area contributed by atoms with Gasteiger partial charge in [0.15, 0.2) is 0 Å². The summed E-state index contributed by atoms with van der Waals surface area (Å²) in [5.74, 6) is 0. The number of rotatable bonds is 4. The second-order valence-electron chi connectivity index (χ2n) is 4.99. The molecule has 3 rings (SSSR count). The number of likely N-dealkylation sites (N-methyl/N-ethyl adjacent to an activating group) is 1. The van der Waals surface area contributed by atoms with Crippen LogP contribution in [0.5, 0.6) is 0 Å². The molecule has 0 aliphatic carbocycles. The number of nitrogens with one attached hydrogen (secondary N) is 1. The maximum atomic E-state index is 4.37. The second kappa shape index (κ2) is 5.85. The standard InChI is InChI=1S/C18H18N2/c1-19-18(12-14-6-3-2-4-7-14)16-9-10-17-15(13-16)8-5-11-20-17/h2-11,13,18-19H,12H2,1H3. The molecule has 100 valence electrons. The third kappa shape index (κ3) is 2.70. The highest BCUT2D eigenvalue weighted by atomic mass is 14.9. The van der Waals surface area contributed by atoms with Gasteiger partial charge in [-0.25, -0.2) is 0 Å². The van der Waals surface area contributed by atoms with Gasteiger partial charge in [0.1, 0.15) is 0 Å². The monoisotopic (exact) mass is 262 g/mol. The minimum absolute atomic E-state index is 0.321. The lowest BCUT2D eigenvalue weighted by Gasteiger charge is -2.17. The van der Waals surface area contributed by atoms with Crippen molar-refractivity contribution in [3.8, 4) is 0 Å². The van der Waals surface area contributed by atoms with Crippen LogP contribution in [0.3, 0.4) is 0 Å². The normalized spacial score (nSPS) is 12.4. The molecule has 0 bridgehead atoms. The van der Waals surface area contributed by atoms with Crippen LogP contribution in [0, 0.1) is 0 Å². The molecule has 1 unspecified atom stereocenters. The Balaban J connectivity index is 1.91. The van der Waals surface area contributed by atoms with Gasteiger partial charge in [-0.1, -0.05) is 42.5 Å². The van der Waals surface area contributed by atoms with Crippen molar-refractivity contribution in [3.05, 3.63) is 78.0 Å². The molecule has 0 amide bonds. The van der Waals surface area contributed by atoms with E-state index in [0.717, 1.165) is 11.9 Å². The highest BCUT2D eigenvalue weighted by molar-refractivity contribution is 5.79. The van der Waals surface area contributed by atoms with Gasteiger partial charge in [-0.2, -0.15) is 0 Å². The molecule has 2 heteroatoms. The van der Waals surface area contributed by atoms with E-state index < -0.39 is 0 Å². The fourth-order valence-corrected chi connectivity index (χ4v) is 2.55. The summed E-state index contributed by atoms with van der Waals surface area (Å²) in [5, 5.41) is 4.60. The van der Waals surface area contributed by atoms with E-state index in [-0.39, 0.29) is 0 Å². The Labute approximate surface area is 119 Å². The molecule has 0 aliphatic rings. The fraction of sp³-hybridized carbons (Fsp3) is 0.167. The van der Waals surface area contributed by atoms with Crippen LogP contribution in [0.15, 0.2) is 66.9 Å². The number of fused-ring (bicyclic) bond motifs is 1. The predicted octanol–water partition coefficient (Wildman–Crippen LogP) is 3.74. The van der Waals surface area contributed by atoms with Crippen LogP contribution in [0.4, 0.5) is 0 Å². The molecular weight excluding hydrogens is 244 g/mol. The number of aromatic nitrogens is 1. The highest BCUT2D eigenvalue weighted by Crippen LogP contribution is 2.22. The number of benzene rings is 2. The summed E-state index contributed by atoms with van der Waals surface area (Å²) in [7, 11) is 2.01. The van der Waals surface area contributed by atoms with Crippen LogP contribution in [-0.2, 0) is 6.42 Å². The summed E-state index contributed by atoms with van der Waals surface area (Å²) >= 11 is 0. The van der Waals surface area contributed by atoms with E-state index in [2.05, 4.69) is 64.9 Å². The van der Waals surface area contributed by atoms with E-state index in [0.29, 0.717) is 6.04 Å². The topological polar surface area (TPSA) is 24.9 Å². The summed E-state index contributed by atoms with van der Waals surface area (Å²) in [6.07, 6.45) is 2.82. The van der Waals surface area contributed by atoms with Crippen molar-refractivity contribution in [2.75, 3.05) is 7.05 Å². The van der Waals surface area contributed by atoms with E-state index in [1.165, 1.54) is 16.5 Å². The zero-order valence-corrected chi connectivity index (χ0v) is 11.6. The van der Waals surface area contributed by atoms with Crippen molar-refractivity contribution < 1.29 is 0 Å². The lowest BCUT2D eigenvalue weighted by atomic mass is 9.98. The third-order valence-electron chi connectivity index (χ3n) is 3.66. The van der Waals surface area contributed by atoms with Crippen molar-refractivity contribution >= 4 is 10.9 Å². The second-order valence-corrected chi connectivity index (χ2v) is 4.99. The quantitative estimate of drug-likeness (QED) is 0.774. The summed E-state index contributed by atoms with van der Waals surface area (Å²) < 4.78 is 0. The lowest BCUT2D eigenvalue weighted by Crippen LogP contribution is -2.18. The maximum Gasteiger partial charge on any atom is 0.0702 e. The van der Waals surface area contributed by atoms with Gasteiger partial charge < -0.3 is 5.32 Å². The Morgan fingerprint density at radius 3 is 2.65 bits per heavy atom.